The van der Waals surface area contributed by atoms with Gasteiger partial charge < -0.3 is 11.1 Å². The first kappa shape index (κ1) is 12.5. The van der Waals surface area contributed by atoms with Crippen LogP contribution in [0.15, 0.2) is 0 Å². The third kappa shape index (κ3) is 3.82. The Hall–Kier alpha value is -0.570. The van der Waals surface area contributed by atoms with Crippen LogP contribution >= 0.6 is 0 Å². The van der Waals surface area contributed by atoms with E-state index in [1.165, 1.54) is 25.7 Å². The van der Waals surface area contributed by atoms with Gasteiger partial charge in [0.25, 0.3) is 0 Å². The summed E-state index contributed by atoms with van der Waals surface area (Å²) < 4.78 is 0. The van der Waals surface area contributed by atoms with Gasteiger partial charge in [-0.3, -0.25) is 4.79 Å². The van der Waals surface area contributed by atoms with Crippen molar-refractivity contribution in [2.75, 3.05) is 0 Å². The molecule has 0 aromatic rings. The first-order valence-corrected chi connectivity index (χ1v) is 6.06. The molecule has 0 radical (unpaired) electrons. The highest BCUT2D eigenvalue weighted by Crippen LogP contribution is 2.29. The van der Waals surface area contributed by atoms with Gasteiger partial charge in [-0.15, -0.1) is 0 Å². The lowest BCUT2D eigenvalue weighted by Crippen LogP contribution is -2.46. The molecule has 0 spiro atoms. The summed E-state index contributed by atoms with van der Waals surface area (Å²) in [6, 6.07) is 0.299. The number of rotatable bonds is 4. The molecular formula is C12H24N2O. The summed E-state index contributed by atoms with van der Waals surface area (Å²) in [5.41, 5.74) is 5.23. The molecular weight excluding hydrogens is 188 g/mol. The fraction of sp³-hybridized carbons (Fsp3) is 0.917. The molecule has 1 saturated carbocycles. The van der Waals surface area contributed by atoms with Crippen molar-refractivity contribution in [3.63, 3.8) is 0 Å². The minimum Gasteiger partial charge on any atom is -0.368 e. The number of carbonyl (C=O) groups is 1. The molecule has 15 heavy (non-hydrogen) atoms. The monoisotopic (exact) mass is 212 g/mol. The summed E-state index contributed by atoms with van der Waals surface area (Å²) in [5.74, 6) is 1.41. The van der Waals surface area contributed by atoms with E-state index in [0.29, 0.717) is 6.04 Å². The van der Waals surface area contributed by atoms with Crippen LogP contribution in [0.25, 0.3) is 0 Å². The maximum Gasteiger partial charge on any atom is 0.234 e. The number of carbonyl (C=O) groups excluding carboxylic acids is 1. The van der Waals surface area contributed by atoms with E-state index in [1.807, 2.05) is 6.92 Å². The Kier molecular flexibility index (Phi) is 4.58. The molecule has 1 aliphatic rings. The van der Waals surface area contributed by atoms with E-state index in [2.05, 4.69) is 19.2 Å². The molecule has 3 nitrogen and oxygen atoms in total. The zero-order valence-corrected chi connectivity index (χ0v) is 10.1. The van der Waals surface area contributed by atoms with Gasteiger partial charge in [0.15, 0.2) is 0 Å². The van der Waals surface area contributed by atoms with Crippen molar-refractivity contribution in [3.8, 4) is 0 Å². The molecule has 0 aliphatic heterocycles. The second-order valence-electron chi connectivity index (χ2n) is 5.15. The van der Waals surface area contributed by atoms with E-state index >= 15 is 0 Å². The summed E-state index contributed by atoms with van der Waals surface area (Å²) in [5, 5.41) is 3.30. The molecule has 3 heteroatoms. The number of hydrogen-bond donors (Lipinski definition) is 2. The fourth-order valence-corrected chi connectivity index (χ4v) is 2.39. The highest BCUT2D eigenvalue weighted by Gasteiger charge is 2.24. The van der Waals surface area contributed by atoms with Gasteiger partial charge in [0.1, 0.15) is 0 Å². The summed E-state index contributed by atoms with van der Waals surface area (Å²) in [6.07, 6.45) is 4.92. The number of primary amides is 1. The maximum absolute atomic E-state index is 10.9. The average Bonchev–Trinajstić information content (AvgIpc) is 2.18. The molecule has 0 heterocycles. The Morgan fingerprint density at radius 1 is 1.20 bits per heavy atom. The predicted octanol–water partition coefficient (Wildman–Crippen LogP) is 1.66. The third-order valence-electron chi connectivity index (χ3n) is 3.63. The molecule has 88 valence electrons. The maximum atomic E-state index is 10.9. The molecule has 0 aromatic carbocycles. The van der Waals surface area contributed by atoms with Crippen LogP contribution in [0.1, 0.15) is 46.5 Å². The van der Waals surface area contributed by atoms with Crippen LogP contribution in [-0.2, 0) is 4.79 Å². The summed E-state index contributed by atoms with van der Waals surface area (Å²) >= 11 is 0. The van der Waals surface area contributed by atoms with E-state index < -0.39 is 0 Å². The van der Waals surface area contributed by atoms with Crippen molar-refractivity contribution < 1.29 is 4.79 Å². The van der Waals surface area contributed by atoms with E-state index in [1.54, 1.807) is 0 Å². The lowest BCUT2D eigenvalue weighted by molar-refractivity contribution is -0.119. The first-order chi connectivity index (χ1) is 7.00. The Morgan fingerprint density at radius 2 is 1.73 bits per heavy atom. The first-order valence-electron chi connectivity index (χ1n) is 6.06. The summed E-state index contributed by atoms with van der Waals surface area (Å²) in [6.45, 7) is 6.44. The predicted molar refractivity (Wildman–Crippen MR) is 62.4 cm³/mol. The summed E-state index contributed by atoms with van der Waals surface area (Å²) in [7, 11) is 0. The molecule has 3 N–H and O–H groups in total. The molecule has 1 unspecified atom stereocenters. The smallest absolute Gasteiger partial charge is 0.234 e. The topological polar surface area (TPSA) is 55.1 Å². The second-order valence-corrected chi connectivity index (χ2v) is 5.15. The number of nitrogens with two attached hydrogens (primary N) is 1. The van der Waals surface area contributed by atoms with Crippen molar-refractivity contribution in [3.05, 3.63) is 0 Å². The third-order valence-corrected chi connectivity index (χ3v) is 3.63. The van der Waals surface area contributed by atoms with Crippen LogP contribution in [0.2, 0.25) is 0 Å². The molecule has 1 fully saturated rings. The van der Waals surface area contributed by atoms with Gasteiger partial charge in [0.2, 0.25) is 5.91 Å². The quantitative estimate of drug-likeness (QED) is 0.744. The summed E-state index contributed by atoms with van der Waals surface area (Å²) in [4.78, 5) is 10.9. The van der Waals surface area contributed by atoms with E-state index in [-0.39, 0.29) is 11.9 Å². The van der Waals surface area contributed by atoms with Crippen molar-refractivity contribution in [2.45, 2.75) is 58.5 Å². The van der Waals surface area contributed by atoms with Gasteiger partial charge in [-0.25, -0.2) is 0 Å². The molecule has 1 amide bonds. The Balaban J connectivity index is 2.28. The van der Waals surface area contributed by atoms with Gasteiger partial charge in [-0.2, -0.15) is 0 Å². The van der Waals surface area contributed by atoms with Crippen LogP contribution in [-0.4, -0.2) is 18.0 Å². The molecule has 0 bridgehead atoms. The lowest BCUT2D eigenvalue weighted by atomic mass is 9.79. The zero-order valence-electron chi connectivity index (χ0n) is 10.1. The normalized spacial score (nSPS) is 29.1. The molecule has 0 saturated heterocycles. The van der Waals surface area contributed by atoms with Crippen LogP contribution in [0.3, 0.4) is 0 Å². The molecule has 0 aromatic heterocycles. The minimum absolute atomic E-state index is 0.189. The largest absolute Gasteiger partial charge is 0.368 e. The van der Waals surface area contributed by atoms with Crippen LogP contribution in [0.4, 0.5) is 0 Å². The van der Waals surface area contributed by atoms with Gasteiger partial charge in [0.05, 0.1) is 6.04 Å². The SMILES string of the molecule is CC(NC1CCC(C(C)C)CC1)C(N)=O. The standard InChI is InChI=1S/C12H24N2O/c1-8(2)10-4-6-11(7-5-10)14-9(3)12(13)15/h8-11,14H,4-7H2,1-3H3,(H2,13,15). The number of nitrogens with one attached hydrogen (secondary N) is 1. The highest BCUT2D eigenvalue weighted by molar-refractivity contribution is 5.79. The van der Waals surface area contributed by atoms with Crippen molar-refractivity contribution >= 4 is 5.91 Å². The Labute approximate surface area is 92.8 Å². The van der Waals surface area contributed by atoms with E-state index in [0.717, 1.165) is 11.8 Å². The second kappa shape index (κ2) is 5.50. The highest BCUT2D eigenvalue weighted by atomic mass is 16.1. The molecule has 1 rings (SSSR count). The number of hydrogen-bond acceptors (Lipinski definition) is 2. The lowest BCUT2D eigenvalue weighted by Gasteiger charge is -2.32. The van der Waals surface area contributed by atoms with Crippen LogP contribution < -0.4 is 11.1 Å². The van der Waals surface area contributed by atoms with Crippen LogP contribution in [0.5, 0.6) is 0 Å². The average molecular weight is 212 g/mol. The van der Waals surface area contributed by atoms with Gasteiger partial charge in [-0.05, 0) is 44.4 Å². The Bertz CT molecular complexity index is 208. The van der Waals surface area contributed by atoms with E-state index in [4.69, 9.17) is 5.73 Å². The molecule has 1 aliphatic carbocycles. The van der Waals surface area contributed by atoms with E-state index in [9.17, 15) is 4.79 Å². The number of amides is 1. The zero-order chi connectivity index (χ0) is 11.4. The molecule has 1 atom stereocenters. The van der Waals surface area contributed by atoms with Gasteiger partial charge >= 0.3 is 0 Å². The van der Waals surface area contributed by atoms with Crippen molar-refractivity contribution in [1.82, 2.24) is 5.32 Å². The van der Waals surface area contributed by atoms with Crippen LogP contribution in [0, 0.1) is 11.8 Å². The van der Waals surface area contributed by atoms with Crippen molar-refractivity contribution in [1.29, 1.82) is 0 Å². The Morgan fingerprint density at radius 3 is 2.13 bits per heavy atom. The van der Waals surface area contributed by atoms with Gasteiger partial charge in [0, 0.05) is 6.04 Å². The van der Waals surface area contributed by atoms with Crippen molar-refractivity contribution in [2.24, 2.45) is 17.6 Å². The minimum atomic E-state index is -0.249. The fourth-order valence-electron chi connectivity index (χ4n) is 2.39. The van der Waals surface area contributed by atoms with Gasteiger partial charge in [-0.1, -0.05) is 13.8 Å².